The first-order valence-corrected chi connectivity index (χ1v) is 17.0. The molecule has 0 spiro atoms. The molecule has 7 nitrogen and oxygen atoms in total. The minimum atomic E-state index is -0.142. The number of carbonyl (C=O) groups excluding carboxylic acids is 1. The molecule has 45 heavy (non-hydrogen) atoms. The number of hydrogen-bond acceptors (Lipinski definition) is 5. The highest BCUT2D eigenvalue weighted by Gasteiger charge is 2.25. The number of pyridine rings is 1. The SMILES string of the molecule is CCN(c1cc(-c2ccc(CN3CCCCC3)cc2)cc(C(=O)NCc2c(C)cc(C)[nH]c2=O)c1C)C1CCCCC1.CNC. The molecule has 1 aromatic heterocycles. The van der Waals surface area contributed by atoms with Gasteiger partial charge in [-0.15, -0.1) is 0 Å². The van der Waals surface area contributed by atoms with Gasteiger partial charge in [-0.1, -0.05) is 49.9 Å². The van der Waals surface area contributed by atoms with Crippen molar-refractivity contribution < 1.29 is 4.79 Å². The van der Waals surface area contributed by atoms with E-state index < -0.39 is 0 Å². The Balaban J connectivity index is 0.00000148. The third kappa shape index (κ3) is 9.08. The smallest absolute Gasteiger partial charge is 0.253 e. The van der Waals surface area contributed by atoms with E-state index >= 15 is 0 Å². The molecule has 1 amide bonds. The lowest BCUT2D eigenvalue weighted by Crippen LogP contribution is -2.37. The quantitative estimate of drug-likeness (QED) is 0.245. The summed E-state index contributed by atoms with van der Waals surface area (Å²) < 4.78 is 0. The van der Waals surface area contributed by atoms with Crippen LogP contribution in [-0.2, 0) is 13.1 Å². The molecule has 1 saturated heterocycles. The van der Waals surface area contributed by atoms with E-state index in [1.165, 1.54) is 70.0 Å². The summed E-state index contributed by atoms with van der Waals surface area (Å²) in [4.78, 5) is 34.3. The fourth-order valence-electron chi connectivity index (χ4n) is 6.96. The summed E-state index contributed by atoms with van der Waals surface area (Å²) in [5.74, 6) is -0.142. The minimum absolute atomic E-state index is 0.141. The van der Waals surface area contributed by atoms with E-state index in [1.807, 2.05) is 40.1 Å². The van der Waals surface area contributed by atoms with E-state index in [2.05, 4.69) is 69.6 Å². The van der Waals surface area contributed by atoms with Crippen molar-refractivity contribution in [1.29, 1.82) is 0 Å². The first-order valence-electron chi connectivity index (χ1n) is 17.0. The highest BCUT2D eigenvalue weighted by atomic mass is 16.1. The normalized spacial score (nSPS) is 15.7. The lowest BCUT2D eigenvalue weighted by Gasteiger charge is -2.37. The van der Waals surface area contributed by atoms with Gasteiger partial charge in [-0.2, -0.15) is 0 Å². The zero-order chi connectivity index (χ0) is 32.3. The van der Waals surface area contributed by atoms with Crippen molar-refractivity contribution in [2.24, 2.45) is 0 Å². The number of nitrogens with one attached hydrogen (secondary N) is 3. The van der Waals surface area contributed by atoms with Gasteiger partial charge in [0.2, 0.25) is 0 Å². The number of piperidine rings is 1. The van der Waals surface area contributed by atoms with Crippen LogP contribution < -0.4 is 21.1 Å². The summed E-state index contributed by atoms with van der Waals surface area (Å²) in [7, 11) is 3.75. The monoisotopic (exact) mass is 613 g/mol. The number of aryl methyl sites for hydroxylation is 2. The van der Waals surface area contributed by atoms with E-state index in [4.69, 9.17) is 0 Å². The molecule has 0 unspecified atom stereocenters. The average molecular weight is 614 g/mol. The highest BCUT2D eigenvalue weighted by molar-refractivity contribution is 5.99. The molecule has 5 rings (SSSR count). The summed E-state index contributed by atoms with van der Waals surface area (Å²) in [6, 6.07) is 15.7. The Morgan fingerprint density at radius 1 is 0.911 bits per heavy atom. The zero-order valence-corrected chi connectivity index (χ0v) is 28.5. The van der Waals surface area contributed by atoms with Crippen LogP contribution in [0.1, 0.15) is 96.6 Å². The van der Waals surface area contributed by atoms with Crippen molar-refractivity contribution in [2.75, 3.05) is 38.6 Å². The van der Waals surface area contributed by atoms with E-state index in [0.29, 0.717) is 17.2 Å². The molecular weight excluding hydrogens is 558 g/mol. The van der Waals surface area contributed by atoms with Crippen LogP contribution in [0.2, 0.25) is 0 Å². The number of aromatic nitrogens is 1. The summed E-state index contributed by atoms with van der Waals surface area (Å²) in [5, 5.41) is 5.82. The summed E-state index contributed by atoms with van der Waals surface area (Å²) in [6.45, 7) is 12.6. The second-order valence-corrected chi connectivity index (χ2v) is 12.9. The molecule has 1 aliphatic carbocycles. The predicted octanol–water partition coefficient (Wildman–Crippen LogP) is 6.88. The van der Waals surface area contributed by atoms with E-state index in [-0.39, 0.29) is 18.0 Å². The molecule has 1 aliphatic heterocycles. The van der Waals surface area contributed by atoms with Gasteiger partial charge in [0.15, 0.2) is 0 Å². The second kappa shape index (κ2) is 16.8. The van der Waals surface area contributed by atoms with Crippen LogP contribution in [0.3, 0.4) is 0 Å². The van der Waals surface area contributed by atoms with Crippen molar-refractivity contribution in [3.63, 3.8) is 0 Å². The molecule has 244 valence electrons. The van der Waals surface area contributed by atoms with Gasteiger partial charge in [-0.25, -0.2) is 0 Å². The molecular formula is C38H55N5O2. The number of anilines is 1. The van der Waals surface area contributed by atoms with Crippen LogP contribution >= 0.6 is 0 Å². The Morgan fingerprint density at radius 2 is 1.56 bits per heavy atom. The van der Waals surface area contributed by atoms with Crippen molar-refractivity contribution in [3.8, 4) is 11.1 Å². The van der Waals surface area contributed by atoms with Crippen molar-refractivity contribution >= 4 is 11.6 Å². The van der Waals surface area contributed by atoms with Crippen LogP contribution in [0, 0.1) is 20.8 Å². The van der Waals surface area contributed by atoms with Gasteiger partial charge in [0, 0.05) is 48.2 Å². The Bertz CT molecular complexity index is 1450. The van der Waals surface area contributed by atoms with Gasteiger partial charge >= 0.3 is 0 Å². The summed E-state index contributed by atoms with van der Waals surface area (Å²) in [5.41, 5.74) is 8.52. The molecule has 7 heteroatoms. The number of H-pyrrole nitrogens is 1. The van der Waals surface area contributed by atoms with Gasteiger partial charge in [0.25, 0.3) is 11.5 Å². The van der Waals surface area contributed by atoms with Crippen LogP contribution in [0.25, 0.3) is 11.1 Å². The number of nitrogens with zero attached hydrogens (tertiary/aromatic N) is 2. The van der Waals surface area contributed by atoms with E-state index in [1.54, 1.807) is 0 Å². The third-order valence-electron chi connectivity index (χ3n) is 9.35. The maximum absolute atomic E-state index is 13.8. The molecule has 3 aromatic rings. The van der Waals surface area contributed by atoms with E-state index in [9.17, 15) is 9.59 Å². The molecule has 2 fully saturated rings. The van der Waals surface area contributed by atoms with Crippen LogP contribution in [0.15, 0.2) is 47.3 Å². The van der Waals surface area contributed by atoms with Crippen LogP contribution in [0.5, 0.6) is 0 Å². The minimum Gasteiger partial charge on any atom is -0.369 e. The van der Waals surface area contributed by atoms with Crippen molar-refractivity contribution in [1.82, 2.24) is 20.5 Å². The molecule has 2 heterocycles. The fourth-order valence-corrected chi connectivity index (χ4v) is 6.96. The molecule has 0 bridgehead atoms. The molecule has 0 atom stereocenters. The van der Waals surface area contributed by atoms with Gasteiger partial charge < -0.3 is 20.5 Å². The Kier molecular flexibility index (Phi) is 12.8. The number of likely N-dealkylation sites (tertiary alicyclic amines) is 1. The van der Waals surface area contributed by atoms with Gasteiger partial charge in [0.1, 0.15) is 0 Å². The Labute approximate surface area is 270 Å². The molecule has 2 aliphatic rings. The standard InChI is InChI=1S/C36H48N4O2.C2H7N/c1-5-40(31-12-8-6-9-13-31)34-22-30(29-16-14-28(15-17-29)24-39-18-10-7-11-19-39)21-32(27(34)4)35(41)37-23-33-25(2)20-26(3)38-36(33)42;1-3-2/h14-17,20-22,31H,5-13,18-19,23-24H2,1-4H3,(H,37,41)(H,38,42);3H,1-2H3. The number of carbonyl (C=O) groups is 1. The third-order valence-corrected chi connectivity index (χ3v) is 9.35. The van der Waals surface area contributed by atoms with Gasteiger partial charge in [0.05, 0.1) is 0 Å². The number of aromatic amines is 1. The first-order chi connectivity index (χ1) is 21.7. The number of amides is 1. The largest absolute Gasteiger partial charge is 0.369 e. The Hall–Kier alpha value is -3.42. The Morgan fingerprint density at radius 3 is 2.18 bits per heavy atom. The van der Waals surface area contributed by atoms with Crippen molar-refractivity contribution in [3.05, 3.63) is 86.3 Å². The first kappa shape index (κ1) is 34.5. The fraction of sp³-hybridized carbons (Fsp3) is 0.526. The van der Waals surface area contributed by atoms with Gasteiger partial charge in [-0.3, -0.25) is 14.5 Å². The lowest BCUT2D eigenvalue weighted by molar-refractivity contribution is 0.0950. The second-order valence-electron chi connectivity index (χ2n) is 12.9. The number of hydrogen-bond donors (Lipinski definition) is 3. The van der Waals surface area contributed by atoms with Crippen molar-refractivity contribution in [2.45, 2.75) is 98.2 Å². The molecule has 3 N–H and O–H groups in total. The molecule has 1 saturated carbocycles. The maximum atomic E-state index is 13.8. The summed E-state index contributed by atoms with van der Waals surface area (Å²) in [6.07, 6.45) is 10.1. The topological polar surface area (TPSA) is 80.5 Å². The van der Waals surface area contributed by atoms with E-state index in [0.717, 1.165) is 46.7 Å². The molecule has 0 radical (unpaired) electrons. The van der Waals surface area contributed by atoms with Crippen LogP contribution in [-0.4, -0.2) is 55.6 Å². The molecule has 2 aromatic carbocycles. The average Bonchev–Trinajstić information content (AvgIpc) is 3.03. The zero-order valence-electron chi connectivity index (χ0n) is 28.5. The highest BCUT2D eigenvalue weighted by Crippen LogP contribution is 2.35. The van der Waals surface area contributed by atoms with Gasteiger partial charge in [-0.05, 0) is 127 Å². The number of benzene rings is 2. The number of rotatable bonds is 9. The maximum Gasteiger partial charge on any atom is 0.253 e. The van der Waals surface area contributed by atoms with Crippen LogP contribution in [0.4, 0.5) is 5.69 Å². The lowest BCUT2D eigenvalue weighted by atomic mass is 9.91. The predicted molar refractivity (Wildman–Crippen MR) is 188 cm³/mol. The summed E-state index contributed by atoms with van der Waals surface area (Å²) >= 11 is 0.